The SMILES string of the molecule is CCOc1cc(O[C@@H]2C[C@H]3C(=O)N[C@]4(C(=O)O)C[C@H]4/C=C\CCCC[C@H](NC(=O)OC4CCCC4)CC(=O)N3C2)c2ccc(OC)c(Cl)c2n1. The Hall–Kier alpha value is -4.26. The molecule has 3 amide bonds. The van der Waals surface area contributed by atoms with Crippen molar-refractivity contribution in [2.45, 2.75) is 107 Å². The van der Waals surface area contributed by atoms with E-state index in [1.807, 2.05) is 19.1 Å². The molecule has 0 radical (unpaired) electrons. The number of halogens is 1. The van der Waals surface area contributed by atoms with Crippen LogP contribution in [0.3, 0.4) is 0 Å². The number of fused-ring (bicyclic) bond motifs is 3. The lowest BCUT2D eigenvalue weighted by Crippen LogP contribution is -2.53. The largest absolute Gasteiger partial charge is 0.495 e. The number of methoxy groups -OCH3 is 1. The molecule has 2 aliphatic carbocycles. The molecule has 2 saturated carbocycles. The summed E-state index contributed by atoms with van der Waals surface area (Å²) in [5, 5.41) is 16.7. The average molecular weight is 713 g/mol. The zero-order chi connectivity index (χ0) is 35.4. The van der Waals surface area contributed by atoms with Crippen molar-refractivity contribution in [1.29, 1.82) is 0 Å². The van der Waals surface area contributed by atoms with Crippen molar-refractivity contribution in [3.05, 3.63) is 35.4 Å². The van der Waals surface area contributed by atoms with Crippen LogP contribution in [0.25, 0.3) is 10.9 Å². The number of carbonyl (C=O) groups excluding carboxylic acids is 3. The molecule has 13 nitrogen and oxygen atoms in total. The second kappa shape index (κ2) is 15.3. The second-order valence-corrected chi connectivity index (χ2v) is 13.9. The van der Waals surface area contributed by atoms with Crippen molar-refractivity contribution in [1.82, 2.24) is 20.5 Å². The van der Waals surface area contributed by atoms with E-state index in [1.165, 1.54) is 12.0 Å². The van der Waals surface area contributed by atoms with Crippen LogP contribution < -0.4 is 24.8 Å². The summed E-state index contributed by atoms with van der Waals surface area (Å²) in [7, 11) is 1.51. The first-order valence-electron chi connectivity index (χ1n) is 17.6. The van der Waals surface area contributed by atoms with E-state index >= 15 is 0 Å². The van der Waals surface area contributed by atoms with Gasteiger partial charge in [0.25, 0.3) is 0 Å². The monoisotopic (exact) mass is 712 g/mol. The first-order valence-corrected chi connectivity index (χ1v) is 17.9. The van der Waals surface area contributed by atoms with Crippen molar-refractivity contribution in [2.24, 2.45) is 5.92 Å². The van der Waals surface area contributed by atoms with Gasteiger partial charge in [-0.1, -0.05) is 30.2 Å². The summed E-state index contributed by atoms with van der Waals surface area (Å²) in [4.78, 5) is 59.3. The van der Waals surface area contributed by atoms with Crippen molar-refractivity contribution in [3.8, 4) is 17.4 Å². The van der Waals surface area contributed by atoms with E-state index in [-0.39, 0.29) is 54.6 Å². The molecular formula is C36H45ClN4O9. The third-order valence-corrected chi connectivity index (χ3v) is 10.5. The fourth-order valence-electron chi connectivity index (χ4n) is 7.34. The Balaban J connectivity index is 1.27. The van der Waals surface area contributed by atoms with E-state index in [1.54, 1.807) is 18.2 Å². The fraction of sp³-hybridized carbons (Fsp3) is 0.583. The van der Waals surface area contributed by atoms with Crippen LogP contribution in [0, 0.1) is 5.92 Å². The van der Waals surface area contributed by atoms with E-state index in [4.69, 9.17) is 30.5 Å². The Labute approximate surface area is 296 Å². The van der Waals surface area contributed by atoms with Crippen LogP contribution in [0.5, 0.6) is 17.4 Å². The number of carboxylic acid groups (broad SMARTS) is 1. The molecule has 3 heterocycles. The molecule has 1 saturated heterocycles. The number of nitrogens with one attached hydrogen (secondary N) is 2. The molecule has 1 aromatic carbocycles. The molecule has 2 aromatic rings. The number of hydrogen-bond acceptors (Lipinski definition) is 9. The third-order valence-electron chi connectivity index (χ3n) is 10.1. The van der Waals surface area contributed by atoms with Gasteiger partial charge in [-0.15, -0.1) is 0 Å². The molecule has 0 unspecified atom stereocenters. The van der Waals surface area contributed by atoms with Gasteiger partial charge in [-0.25, -0.2) is 14.6 Å². The molecule has 14 heteroatoms. The molecule has 4 aliphatic rings. The summed E-state index contributed by atoms with van der Waals surface area (Å²) in [5.74, 6) is -1.28. The number of amides is 3. The van der Waals surface area contributed by atoms with E-state index in [0.29, 0.717) is 41.9 Å². The topological polar surface area (TPSA) is 166 Å². The predicted octanol–water partition coefficient (Wildman–Crippen LogP) is 5.16. The van der Waals surface area contributed by atoms with Crippen LogP contribution in [0.4, 0.5) is 4.79 Å². The van der Waals surface area contributed by atoms with Gasteiger partial charge in [-0.05, 0) is 70.4 Å². The van der Waals surface area contributed by atoms with E-state index < -0.39 is 41.7 Å². The molecule has 3 fully saturated rings. The summed E-state index contributed by atoms with van der Waals surface area (Å²) in [6.45, 7) is 2.22. The number of aromatic nitrogens is 1. The zero-order valence-corrected chi connectivity index (χ0v) is 29.2. The standard InChI is InChI=1S/C36H45ClN4O9/c1-3-48-29-18-28(25-14-15-27(47-2)31(37)32(25)39-29)49-24-17-26-33(43)40-36(34(44)45)19-21(36)10-6-4-5-7-11-22(16-30(42)41(26)20-24)38-35(46)50-23-12-8-9-13-23/h6,10,14-15,18,21-24,26H,3-5,7-9,11-13,16-17,19-20H2,1-2H3,(H,38,46)(H,40,43)(H,44,45)/b10-6-/t21-,22+,24-,26+,36-/m1/s1. The number of allylic oxidation sites excluding steroid dienone is 1. The minimum atomic E-state index is -1.43. The predicted molar refractivity (Wildman–Crippen MR) is 184 cm³/mol. The molecule has 270 valence electrons. The van der Waals surface area contributed by atoms with Gasteiger partial charge in [0.05, 0.1) is 20.3 Å². The van der Waals surface area contributed by atoms with Crippen LogP contribution in [-0.4, -0.2) is 89.0 Å². The Morgan fingerprint density at radius 2 is 1.90 bits per heavy atom. The number of alkyl carbamates (subject to hydrolysis) is 1. The molecule has 1 aromatic heterocycles. The zero-order valence-electron chi connectivity index (χ0n) is 28.5. The lowest BCUT2D eigenvalue weighted by atomic mass is 10.0. The van der Waals surface area contributed by atoms with Crippen molar-refractivity contribution in [2.75, 3.05) is 20.3 Å². The summed E-state index contributed by atoms with van der Waals surface area (Å²) < 4.78 is 23.2. The lowest BCUT2D eigenvalue weighted by Gasteiger charge is -2.27. The van der Waals surface area contributed by atoms with Crippen LogP contribution in [0.15, 0.2) is 30.4 Å². The maximum atomic E-state index is 14.1. The van der Waals surface area contributed by atoms with E-state index in [9.17, 15) is 24.3 Å². The number of pyridine rings is 1. The van der Waals surface area contributed by atoms with Crippen molar-refractivity contribution < 1.29 is 43.2 Å². The van der Waals surface area contributed by atoms with Crippen LogP contribution in [0.1, 0.15) is 77.6 Å². The number of carboxylic acids is 1. The highest BCUT2D eigenvalue weighted by Crippen LogP contribution is 2.46. The highest BCUT2D eigenvalue weighted by Gasteiger charge is 2.61. The molecular weight excluding hydrogens is 668 g/mol. The van der Waals surface area contributed by atoms with Crippen LogP contribution in [-0.2, 0) is 19.1 Å². The van der Waals surface area contributed by atoms with Crippen LogP contribution in [0.2, 0.25) is 5.02 Å². The van der Waals surface area contributed by atoms with E-state index in [2.05, 4.69) is 15.6 Å². The summed E-state index contributed by atoms with van der Waals surface area (Å²) in [6.07, 6.45) is 9.28. The number of aliphatic carboxylic acids is 1. The number of benzene rings is 1. The van der Waals surface area contributed by atoms with E-state index in [0.717, 1.165) is 38.5 Å². The lowest BCUT2D eigenvalue weighted by molar-refractivity contribution is -0.145. The first-order chi connectivity index (χ1) is 24.1. The van der Waals surface area contributed by atoms with Gasteiger partial charge in [0, 0.05) is 36.3 Å². The van der Waals surface area contributed by atoms with Crippen molar-refractivity contribution in [3.63, 3.8) is 0 Å². The van der Waals surface area contributed by atoms with Gasteiger partial charge < -0.3 is 39.6 Å². The number of nitrogens with zero attached hydrogens (tertiary/aromatic N) is 2. The molecule has 50 heavy (non-hydrogen) atoms. The van der Waals surface area contributed by atoms with Gasteiger partial charge in [0.2, 0.25) is 17.7 Å². The Morgan fingerprint density at radius 1 is 1.12 bits per heavy atom. The normalized spacial score (nSPS) is 28.0. The maximum absolute atomic E-state index is 14.1. The molecule has 2 aliphatic heterocycles. The van der Waals surface area contributed by atoms with Gasteiger partial charge >= 0.3 is 12.1 Å². The molecule has 3 N–H and O–H groups in total. The fourth-order valence-corrected chi connectivity index (χ4v) is 7.63. The summed E-state index contributed by atoms with van der Waals surface area (Å²) in [5.41, 5.74) is -1.03. The summed E-state index contributed by atoms with van der Waals surface area (Å²) in [6, 6.07) is 3.59. The molecule has 0 spiro atoms. The number of hydrogen-bond donors (Lipinski definition) is 3. The molecule has 0 bridgehead atoms. The number of rotatable bonds is 8. The molecule has 5 atom stereocenters. The minimum Gasteiger partial charge on any atom is -0.495 e. The van der Waals surface area contributed by atoms with Gasteiger partial charge in [0.1, 0.15) is 45.8 Å². The maximum Gasteiger partial charge on any atom is 0.407 e. The highest BCUT2D eigenvalue weighted by atomic mass is 35.5. The Kier molecular flexibility index (Phi) is 10.9. The van der Waals surface area contributed by atoms with Gasteiger partial charge in [-0.2, -0.15) is 0 Å². The second-order valence-electron chi connectivity index (χ2n) is 13.6. The summed E-state index contributed by atoms with van der Waals surface area (Å²) >= 11 is 6.62. The third kappa shape index (κ3) is 7.72. The Bertz CT molecular complexity index is 1650. The molecule has 6 rings (SSSR count). The number of ether oxygens (including phenoxy) is 4. The number of carbonyl (C=O) groups is 4. The van der Waals surface area contributed by atoms with Crippen molar-refractivity contribution >= 4 is 46.4 Å². The van der Waals surface area contributed by atoms with Gasteiger partial charge in [0.15, 0.2) is 0 Å². The minimum absolute atomic E-state index is 0.0528. The Morgan fingerprint density at radius 3 is 2.64 bits per heavy atom. The quantitative estimate of drug-likeness (QED) is 0.311. The van der Waals surface area contributed by atoms with Gasteiger partial charge in [-0.3, -0.25) is 9.59 Å². The van der Waals surface area contributed by atoms with Crippen LogP contribution >= 0.6 is 11.6 Å². The first kappa shape index (κ1) is 35.6. The highest BCUT2D eigenvalue weighted by molar-refractivity contribution is 6.36. The smallest absolute Gasteiger partial charge is 0.407 e. The average Bonchev–Trinajstić information content (AvgIpc) is 3.35.